The molecule has 0 saturated carbocycles. The molecule has 0 unspecified atom stereocenters. The van der Waals surface area contributed by atoms with Gasteiger partial charge in [0.05, 0.1) is 12.2 Å². The summed E-state index contributed by atoms with van der Waals surface area (Å²) in [5.74, 6) is -3.38. The third-order valence-electron chi connectivity index (χ3n) is 5.43. The van der Waals surface area contributed by atoms with Crippen molar-refractivity contribution in [3.05, 3.63) is 70.9 Å². The topological polar surface area (TPSA) is 119 Å². The van der Waals surface area contributed by atoms with E-state index in [1.807, 2.05) is 30.3 Å². The smallest absolute Gasteiger partial charge is 0.341 e. The van der Waals surface area contributed by atoms with Crippen molar-refractivity contribution in [2.24, 2.45) is 0 Å². The number of esters is 2. The van der Waals surface area contributed by atoms with Crippen LogP contribution in [-0.2, 0) is 24.3 Å². The summed E-state index contributed by atoms with van der Waals surface area (Å²) in [6.45, 7) is 4.54. The van der Waals surface area contributed by atoms with E-state index in [0.29, 0.717) is 5.56 Å². The Morgan fingerprint density at radius 1 is 0.974 bits per heavy atom. The van der Waals surface area contributed by atoms with Crippen LogP contribution >= 0.6 is 11.3 Å². The number of nitrogens with one attached hydrogen (secondary N) is 1. The summed E-state index contributed by atoms with van der Waals surface area (Å²) in [6, 6.07) is 11.9. The first kappa shape index (κ1) is 29.0. The molecule has 3 aromatic rings. The zero-order valence-electron chi connectivity index (χ0n) is 21.0. The third kappa shape index (κ3) is 6.44. The van der Waals surface area contributed by atoms with Crippen LogP contribution in [0.5, 0.6) is 0 Å². The molecular formula is C26H27FN2O7S2. The van der Waals surface area contributed by atoms with Gasteiger partial charge in [-0.1, -0.05) is 44.2 Å². The highest BCUT2D eigenvalue weighted by Crippen LogP contribution is 2.36. The van der Waals surface area contributed by atoms with Crippen molar-refractivity contribution in [1.29, 1.82) is 0 Å². The number of rotatable bonds is 11. The fraction of sp³-hybridized carbons (Fsp3) is 0.269. The summed E-state index contributed by atoms with van der Waals surface area (Å²) >= 11 is 1.11. The maximum absolute atomic E-state index is 14.3. The molecule has 1 aromatic heterocycles. The van der Waals surface area contributed by atoms with Crippen LogP contribution in [-0.4, -0.2) is 56.9 Å². The average Bonchev–Trinajstić information content (AvgIpc) is 3.32. The number of anilines is 1. The monoisotopic (exact) mass is 562 g/mol. The molecule has 12 heteroatoms. The Balaban J connectivity index is 1.76. The van der Waals surface area contributed by atoms with Gasteiger partial charge in [-0.05, 0) is 30.7 Å². The van der Waals surface area contributed by atoms with E-state index in [0.717, 1.165) is 39.4 Å². The van der Waals surface area contributed by atoms with Crippen molar-refractivity contribution in [2.75, 3.05) is 31.6 Å². The Morgan fingerprint density at radius 2 is 1.66 bits per heavy atom. The van der Waals surface area contributed by atoms with E-state index in [2.05, 4.69) is 5.32 Å². The number of carbonyl (C=O) groups is 3. The first-order valence-corrected chi connectivity index (χ1v) is 14.1. The van der Waals surface area contributed by atoms with Crippen molar-refractivity contribution >= 4 is 44.2 Å². The van der Waals surface area contributed by atoms with E-state index in [9.17, 15) is 27.2 Å². The van der Waals surface area contributed by atoms with E-state index in [-0.39, 0.29) is 35.8 Å². The minimum atomic E-state index is -4.17. The third-order valence-corrected chi connectivity index (χ3v) is 8.39. The van der Waals surface area contributed by atoms with Gasteiger partial charge < -0.3 is 14.8 Å². The number of sulfonamides is 1. The van der Waals surface area contributed by atoms with E-state index < -0.39 is 45.2 Å². The molecule has 1 heterocycles. The molecule has 38 heavy (non-hydrogen) atoms. The summed E-state index contributed by atoms with van der Waals surface area (Å²) in [6.07, 6.45) is 0. The standard InChI is InChI=1S/C26H27FN2O7S2/c1-4-29(5-2)38(33,34)21-14-18(12-13-20(21)27)25(31)36-15-22(30)28-24-23(26(32)35-6-3)19(16-37-24)17-10-8-7-9-11-17/h7-14,16H,4-6,15H2,1-3H3,(H,28,30). The number of carbonyl (C=O) groups excluding carboxylic acids is 3. The molecule has 0 saturated heterocycles. The van der Waals surface area contributed by atoms with E-state index >= 15 is 0 Å². The molecule has 9 nitrogen and oxygen atoms in total. The lowest BCUT2D eigenvalue weighted by atomic mass is 10.0. The maximum atomic E-state index is 14.3. The highest BCUT2D eigenvalue weighted by Gasteiger charge is 2.27. The Hall–Kier alpha value is -3.61. The molecule has 0 aliphatic heterocycles. The van der Waals surface area contributed by atoms with E-state index in [1.54, 1.807) is 26.2 Å². The fourth-order valence-corrected chi connectivity index (χ4v) is 6.12. The van der Waals surface area contributed by atoms with Gasteiger partial charge >= 0.3 is 11.9 Å². The Kier molecular flexibility index (Phi) is 9.72. The zero-order chi connectivity index (χ0) is 27.9. The minimum absolute atomic E-state index is 0.121. The van der Waals surface area contributed by atoms with Gasteiger partial charge in [0.1, 0.15) is 21.3 Å². The largest absolute Gasteiger partial charge is 0.462 e. The molecule has 0 radical (unpaired) electrons. The van der Waals surface area contributed by atoms with E-state index in [4.69, 9.17) is 9.47 Å². The van der Waals surface area contributed by atoms with Crippen molar-refractivity contribution < 1.29 is 36.7 Å². The second-order valence-corrected chi connectivity index (χ2v) is 10.6. The Morgan fingerprint density at radius 3 is 2.29 bits per heavy atom. The normalized spacial score (nSPS) is 11.3. The molecule has 3 rings (SSSR count). The van der Waals surface area contributed by atoms with Crippen molar-refractivity contribution in [2.45, 2.75) is 25.7 Å². The molecular weight excluding hydrogens is 535 g/mol. The molecule has 202 valence electrons. The number of hydrogen-bond acceptors (Lipinski definition) is 8. The van der Waals surface area contributed by atoms with Crippen molar-refractivity contribution in [1.82, 2.24) is 4.31 Å². The molecule has 0 aliphatic carbocycles. The first-order valence-electron chi connectivity index (χ1n) is 11.7. The van der Waals surface area contributed by atoms with Crippen LogP contribution in [0.15, 0.2) is 58.8 Å². The summed E-state index contributed by atoms with van der Waals surface area (Å²) in [5.41, 5.74) is 1.27. The van der Waals surface area contributed by atoms with Crippen molar-refractivity contribution in [3.8, 4) is 11.1 Å². The van der Waals surface area contributed by atoms with Crippen LogP contribution in [0.25, 0.3) is 11.1 Å². The fourth-order valence-electron chi connectivity index (χ4n) is 3.59. The van der Waals surface area contributed by atoms with Crippen LogP contribution < -0.4 is 5.32 Å². The van der Waals surface area contributed by atoms with Gasteiger partial charge in [0.2, 0.25) is 10.0 Å². The zero-order valence-corrected chi connectivity index (χ0v) is 22.7. The number of nitrogens with zero attached hydrogens (tertiary/aromatic N) is 1. The molecule has 0 atom stereocenters. The van der Waals surface area contributed by atoms with Gasteiger partial charge in [0, 0.05) is 24.0 Å². The predicted molar refractivity (Wildman–Crippen MR) is 141 cm³/mol. The second-order valence-electron chi connectivity index (χ2n) is 7.80. The van der Waals surface area contributed by atoms with Gasteiger partial charge in [-0.25, -0.2) is 22.4 Å². The summed E-state index contributed by atoms with van der Waals surface area (Å²) in [4.78, 5) is 37.1. The number of hydrogen-bond donors (Lipinski definition) is 1. The molecule has 2 aromatic carbocycles. The van der Waals surface area contributed by atoms with Crippen LogP contribution in [0, 0.1) is 5.82 Å². The lowest BCUT2D eigenvalue weighted by molar-refractivity contribution is -0.119. The number of thiophene rings is 1. The molecule has 0 aliphatic rings. The van der Waals surface area contributed by atoms with Gasteiger partial charge in [-0.2, -0.15) is 4.31 Å². The Bertz CT molecular complexity index is 1420. The Labute approximate surface area is 224 Å². The number of amides is 1. The van der Waals surface area contributed by atoms with Crippen LogP contribution in [0.2, 0.25) is 0 Å². The van der Waals surface area contributed by atoms with E-state index in [1.165, 1.54) is 0 Å². The van der Waals surface area contributed by atoms with Crippen molar-refractivity contribution in [3.63, 3.8) is 0 Å². The first-order chi connectivity index (χ1) is 18.1. The lowest BCUT2D eigenvalue weighted by Gasteiger charge is -2.19. The molecule has 0 bridgehead atoms. The average molecular weight is 563 g/mol. The van der Waals surface area contributed by atoms with Crippen LogP contribution in [0.4, 0.5) is 9.39 Å². The maximum Gasteiger partial charge on any atom is 0.341 e. The predicted octanol–water partition coefficient (Wildman–Crippen LogP) is 4.56. The highest BCUT2D eigenvalue weighted by atomic mass is 32.2. The SMILES string of the molecule is CCOC(=O)c1c(-c2ccccc2)csc1NC(=O)COC(=O)c1ccc(F)c(S(=O)(=O)N(CC)CC)c1. The summed E-state index contributed by atoms with van der Waals surface area (Å²) in [5, 5.41) is 4.49. The van der Waals surface area contributed by atoms with Gasteiger partial charge in [0.25, 0.3) is 5.91 Å². The summed E-state index contributed by atoms with van der Waals surface area (Å²) < 4.78 is 51.0. The van der Waals surface area contributed by atoms with Gasteiger partial charge in [-0.15, -0.1) is 11.3 Å². The minimum Gasteiger partial charge on any atom is -0.462 e. The number of benzene rings is 2. The number of halogens is 1. The second kappa shape index (κ2) is 12.8. The highest BCUT2D eigenvalue weighted by molar-refractivity contribution is 7.89. The molecule has 0 fully saturated rings. The van der Waals surface area contributed by atoms with Gasteiger partial charge in [0.15, 0.2) is 6.61 Å². The van der Waals surface area contributed by atoms with Crippen LogP contribution in [0.3, 0.4) is 0 Å². The molecule has 1 amide bonds. The lowest BCUT2D eigenvalue weighted by Crippen LogP contribution is -2.31. The molecule has 1 N–H and O–H groups in total. The molecule has 0 spiro atoms. The van der Waals surface area contributed by atoms with Crippen LogP contribution in [0.1, 0.15) is 41.5 Å². The number of ether oxygens (including phenoxy) is 2. The quantitative estimate of drug-likeness (QED) is 0.341. The summed E-state index contributed by atoms with van der Waals surface area (Å²) in [7, 11) is -4.17. The van der Waals surface area contributed by atoms with Gasteiger partial charge in [-0.3, -0.25) is 4.79 Å².